The number of nitro benzene ring substituents is 1. The van der Waals surface area contributed by atoms with E-state index in [0.717, 1.165) is 32.8 Å². The average Bonchev–Trinajstić information content (AvgIpc) is 2.38. The molecule has 6 heteroatoms. The number of morpholine rings is 1. The van der Waals surface area contributed by atoms with Gasteiger partial charge < -0.3 is 9.47 Å². The van der Waals surface area contributed by atoms with Crippen molar-refractivity contribution >= 4 is 5.69 Å². The first kappa shape index (κ1) is 14.7. The minimum absolute atomic E-state index is 0.172. The van der Waals surface area contributed by atoms with Crippen LogP contribution in [0.2, 0.25) is 0 Å². The summed E-state index contributed by atoms with van der Waals surface area (Å²) < 4.78 is 11.0. The summed E-state index contributed by atoms with van der Waals surface area (Å²) in [7, 11) is 0. The molecule has 6 nitrogen and oxygen atoms in total. The van der Waals surface area contributed by atoms with Crippen molar-refractivity contribution in [1.82, 2.24) is 4.90 Å². The summed E-state index contributed by atoms with van der Waals surface area (Å²) in [5.74, 6) is 0.693. The van der Waals surface area contributed by atoms with E-state index >= 15 is 0 Å². The topological polar surface area (TPSA) is 64.8 Å². The van der Waals surface area contributed by atoms with Crippen LogP contribution in [-0.4, -0.2) is 49.3 Å². The van der Waals surface area contributed by atoms with Gasteiger partial charge in [0.05, 0.1) is 18.1 Å². The first-order valence-corrected chi connectivity index (χ1v) is 6.76. The Hall–Kier alpha value is -1.66. The summed E-state index contributed by atoms with van der Waals surface area (Å²) in [6.07, 6.45) is 0. The summed E-state index contributed by atoms with van der Waals surface area (Å²) >= 11 is 0. The molecule has 1 aromatic rings. The zero-order valence-corrected chi connectivity index (χ0v) is 11.9. The number of ether oxygens (including phenoxy) is 2. The van der Waals surface area contributed by atoms with Gasteiger partial charge >= 0.3 is 0 Å². The van der Waals surface area contributed by atoms with Gasteiger partial charge in [-0.1, -0.05) is 0 Å². The number of aryl methyl sites for hydroxylation is 2. The largest absolute Gasteiger partial charge is 0.492 e. The maximum absolute atomic E-state index is 10.9. The zero-order chi connectivity index (χ0) is 14.5. The van der Waals surface area contributed by atoms with Gasteiger partial charge in [0.25, 0.3) is 5.69 Å². The number of hydrogen-bond donors (Lipinski definition) is 0. The van der Waals surface area contributed by atoms with Gasteiger partial charge in [-0.3, -0.25) is 15.0 Å². The van der Waals surface area contributed by atoms with Gasteiger partial charge in [0.2, 0.25) is 0 Å². The fourth-order valence-corrected chi connectivity index (χ4v) is 2.40. The summed E-state index contributed by atoms with van der Waals surface area (Å²) in [4.78, 5) is 12.9. The molecule has 0 aliphatic carbocycles. The van der Waals surface area contributed by atoms with Crippen molar-refractivity contribution in [1.29, 1.82) is 0 Å². The molecule has 110 valence electrons. The van der Waals surface area contributed by atoms with E-state index in [4.69, 9.17) is 9.47 Å². The number of nitrogens with zero attached hydrogens (tertiary/aromatic N) is 2. The summed E-state index contributed by atoms with van der Waals surface area (Å²) in [5.41, 5.74) is 1.44. The van der Waals surface area contributed by atoms with Crippen molar-refractivity contribution in [3.63, 3.8) is 0 Å². The number of rotatable bonds is 5. The molecule has 1 heterocycles. The first-order valence-electron chi connectivity index (χ1n) is 6.76. The molecule has 0 bridgehead atoms. The van der Waals surface area contributed by atoms with Crippen LogP contribution in [0, 0.1) is 24.0 Å². The van der Waals surface area contributed by atoms with Crippen LogP contribution >= 0.6 is 0 Å². The summed E-state index contributed by atoms with van der Waals surface area (Å²) in [6, 6.07) is 3.45. The Kier molecular flexibility index (Phi) is 4.92. The molecule has 1 aliphatic rings. The van der Waals surface area contributed by atoms with Crippen molar-refractivity contribution < 1.29 is 14.4 Å². The maximum atomic E-state index is 10.9. The van der Waals surface area contributed by atoms with Crippen LogP contribution in [0.4, 0.5) is 5.69 Å². The third-order valence-electron chi connectivity index (χ3n) is 3.43. The molecule has 2 rings (SSSR count). The molecule has 1 aliphatic heterocycles. The highest BCUT2D eigenvalue weighted by Gasteiger charge is 2.16. The molecule has 0 radical (unpaired) electrons. The third-order valence-corrected chi connectivity index (χ3v) is 3.43. The number of benzene rings is 1. The fraction of sp³-hybridized carbons (Fsp3) is 0.571. The Morgan fingerprint density at radius 2 is 1.90 bits per heavy atom. The van der Waals surface area contributed by atoms with Crippen molar-refractivity contribution in [2.24, 2.45) is 0 Å². The van der Waals surface area contributed by atoms with Crippen LogP contribution in [-0.2, 0) is 4.74 Å². The predicted molar refractivity (Wildman–Crippen MR) is 75.3 cm³/mol. The SMILES string of the molecule is Cc1cc(OCCN2CCOCC2)cc(C)c1[N+](=O)[O-]. The molecular formula is C14H20N2O4. The van der Waals surface area contributed by atoms with Crippen LogP contribution in [0.25, 0.3) is 0 Å². The van der Waals surface area contributed by atoms with Gasteiger partial charge in [0, 0.05) is 30.8 Å². The Labute approximate surface area is 118 Å². The fourth-order valence-electron chi connectivity index (χ4n) is 2.40. The highest BCUT2D eigenvalue weighted by atomic mass is 16.6. The molecule has 0 amide bonds. The van der Waals surface area contributed by atoms with Gasteiger partial charge in [-0.05, 0) is 26.0 Å². The molecular weight excluding hydrogens is 260 g/mol. The zero-order valence-electron chi connectivity index (χ0n) is 11.9. The second-order valence-electron chi connectivity index (χ2n) is 4.97. The molecule has 0 saturated carbocycles. The molecule has 1 fully saturated rings. The molecule has 0 N–H and O–H groups in total. The highest BCUT2D eigenvalue weighted by Crippen LogP contribution is 2.27. The van der Waals surface area contributed by atoms with E-state index in [1.165, 1.54) is 0 Å². The molecule has 0 unspecified atom stereocenters. The minimum atomic E-state index is -0.345. The Bertz CT molecular complexity index is 461. The monoisotopic (exact) mass is 280 g/mol. The van der Waals surface area contributed by atoms with Crippen molar-refractivity contribution in [3.05, 3.63) is 33.4 Å². The summed E-state index contributed by atoms with van der Waals surface area (Å²) in [6.45, 7) is 8.31. The lowest BCUT2D eigenvalue weighted by atomic mass is 10.1. The van der Waals surface area contributed by atoms with E-state index < -0.39 is 0 Å². The lowest BCUT2D eigenvalue weighted by Crippen LogP contribution is -2.38. The second-order valence-corrected chi connectivity index (χ2v) is 4.97. The van der Waals surface area contributed by atoms with Gasteiger partial charge in [-0.2, -0.15) is 0 Å². The van der Waals surface area contributed by atoms with Crippen molar-refractivity contribution in [3.8, 4) is 5.75 Å². The van der Waals surface area contributed by atoms with E-state index in [1.807, 2.05) is 0 Å². The molecule has 20 heavy (non-hydrogen) atoms. The van der Waals surface area contributed by atoms with Crippen molar-refractivity contribution in [2.45, 2.75) is 13.8 Å². The normalized spacial score (nSPS) is 16.1. The van der Waals surface area contributed by atoms with E-state index in [9.17, 15) is 10.1 Å². The van der Waals surface area contributed by atoms with Gasteiger partial charge in [-0.15, -0.1) is 0 Å². The highest BCUT2D eigenvalue weighted by molar-refractivity contribution is 5.50. The number of hydrogen-bond acceptors (Lipinski definition) is 5. The molecule has 1 aromatic carbocycles. The molecule has 0 spiro atoms. The van der Waals surface area contributed by atoms with Crippen LogP contribution in [0.5, 0.6) is 5.75 Å². The van der Waals surface area contributed by atoms with Crippen LogP contribution in [0.15, 0.2) is 12.1 Å². The Balaban J connectivity index is 1.91. The molecule has 0 atom stereocenters. The lowest BCUT2D eigenvalue weighted by molar-refractivity contribution is -0.386. The van der Waals surface area contributed by atoms with Crippen LogP contribution in [0.1, 0.15) is 11.1 Å². The Morgan fingerprint density at radius 3 is 2.45 bits per heavy atom. The van der Waals surface area contributed by atoms with E-state index in [0.29, 0.717) is 23.5 Å². The lowest BCUT2D eigenvalue weighted by Gasteiger charge is -2.26. The molecule has 1 saturated heterocycles. The van der Waals surface area contributed by atoms with Crippen molar-refractivity contribution in [2.75, 3.05) is 39.5 Å². The van der Waals surface area contributed by atoms with E-state index in [2.05, 4.69) is 4.90 Å². The first-order chi connectivity index (χ1) is 9.58. The average molecular weight is 280 g/mol. The second kappa shape index (κ2) is 6.67. The van der Waals surface area contributed by atoms with Gasteiger partial charge in [0.1, 0.15) is 12.4 Å². The van der Waals surface area contributed by atoms with E-state index in [-0.39, 0.29) is 10.6 Å². The van der Waals surface area contributed by atoms with Gasteiger partial charge in [0.15, 0.2) is 0 Å². The maximum Gasteiger partial charge on any atom is 0.275 e. The van der Waals surface area contributed by atoms with E-state index in [1.54, 1.807) is 26.0 Å². The quantitative estimate of drug-likeness (QED) is 0.609. The smallest absolute Gasteiger partial charge is 0.275 e. The predicted octanol–water partition coefficient (Wildman–Crippen LogP) is 1.92. The third kappa shape index (κ3) is 3.68. The van der Waals surface area contributed by atoms with Gasteiger partial charge in [-0.25, -0.2) is 0 Å². The molecule has 0 aromatic heterocycles. The Morgan fingerprint density at radius 1 is 1.30 bits per heavy atom. The minimum Gasteiger partial charge on any atom is -0.492 e. The summed E-state index contributed by atoms with van der Waals surface area (Å²) in [5, 5.41) is 10.9. The number of nitro groups is 1. The van der Waals surface area contributed by atoms with Crippen LogP contribution < -0.4 is 4.74 Å². The van der Waals surface area contributed by atoms with Crippen LogP contribution in [0.3, 0.4) is 0 Å². The standard InChI is InChI=1S/C14H20N2O4/c1-11-9-13(10-12(2)14(11)16(17)18)20-8-5-15-3-6-19-7-4-15/h9-10H,3-8H2,1-2H3.